The van der Waals surface area contributed by atoms with E-state index in [4.69, 9.17) is 16.2 Å². The van der Waals surface area contributed by atoms with Crippen LogP contribution in [0, 0.1) is 0 Å². The Morgan fingerprint density at radius 3 is 2.53 bits per heavy atom. The predicted octanol–water partition coefficient (Wildman–Crippen LogP) is 2.17. The Morgan fingerprint density at radius 2 is 2.00 bits per heavy atom. The molecule has 19 heavy (non-hydrogen) atoms. The molecule has 0 fully saturated rings. The molecule has 0 saturated carbocycles. The highest BCUT2D eigenvalue weighted by Crippen LogP contribution is 2.22. The van der Waals surface area contributed by atoms with Gasteiger partial charge in [0.25, 0.3) is 0 Å². The van der Waals surface area contributed by atoms with E-state index < -0.39 is 11.4 Å². The fraction of sp³-hybridized carbons (Fsp3) is 0.533. The standard InChI is InChI=1S/C15H24N2O2/c1-10(2)12-6-5-7-13(8-12)19-11(3)9-15(4,17)14(16)18/h5-8,10-11H,9,17H2,1-4H3,(H2,16,18). The third kappa shape index (κ3) is 4.56. The normalized spacial score (nSPS) is 15.9. The summed E-state index contributed by atoms with van der Waals surface area (Å²) < 4.78 is 5.80. The Morgan fingerprint density at radius 1 is 1.37 bits per heavy atom. The number of primary amides is 1. The molecule has 0 aliphatic heterocycles. The molecule has 0 radical (unpaired) electrons. The van der Waals surface area contributed by atoms with Crippen molar-refractivity contribution >= 4 is 5.91 Å². The molecule has 0 aliphatic rings. The Kier molecular flexibility index (Phi) is 4.95. The second-order valence-corrected chi connectivity index (χ2v) is 5.64. The van der Waals surface area contributed by atoms with E-state index in [0.29, 0.717) is 12.3 Å². The van der Waals surface area contributed by atoms with Crippen molar-refractivity contribution in [2.45, 2.75) is 51.7 Å². The largest absolute Gasteiger partial charge is 0.491 e. The van der Waals surface area contributed by atoms with Crippen LogP contribution in [0.1, 0.15) is 45.6 Å². The Hall–Kier alpha value is -1.55. The first-order valence-electron chi connectivity index (χ1n) is 6.58. The van der Waals surface area contributed by atoms with Crippen LogP contribution in [0.3, 0.4) is 0 Å². The Labute approximate surface area is 115 Å². The molecule has 0 spiro atoms. The van der Waals surface area contributed by atoms with Crippen LogP contribution >= 0.6 is 0 Å². The van der Waals surface area contributed by atoms with E-state index in [2.05, 4.69) is 19.9 Å². The lowest BCUT2D eigenvalue weighted by Gasteiger charge is -2.25. The molecule has 2 unspecified atom stereocenters. The first kappa shape index (κ1) is 15.5. The number of carbonyl (C=O) groups is 1. The van der Waals surface area contributed by atoms with E-state index >= 15 is 0 Å². The third-order valence-electron chi connectivity index (χ3n) is 3.14. The molecule has 0 saturated heterocycles. The summed E-state index contributed by atoms with van der Waals surface area (Å²) in [5.74, 6) is 0.724. The van der Waals surface area contributed by atoms with Gasteiger partial charge in [-0.1, -0.05) is 26.0 Å². The summed E-state index contributed by atoms with van der Waals surface area (Å²) in [6.45, 7) is 7.77. The van der Waals surface area contributed by atoms with Gasteiger partial charge in [-0.05, 0) is 37.5 Å². The molecule has 4 N–H and O–H groups in total. The van der Waals surface area contributed by atoms with E-state index in [1.807, 2.05) is 25.1 Å². The fourth-order valence-electron chi connectivity index (χ4n) is 1.92. The summed E-state index contributed by atoms with van der Waals surface area (Å²) in [4.78, 5) is 11.2. The van der Waals surface area contributed by atoms with Crippen molar-refractivity contribution in [1.29, 1.82) is 0 Å². The number of amides is 1. The van der Waals surface area contributed by atoms with Gasteiger partial charge in [-0.2, -0.15) is 0 Å². The van der Waals surface area contributed by atoms with Crippen LogP contribution in [0.15, 0.2) is 24.3 Å². The highest BCUT2D eigenvalue weighted by Gasteiger charge is 2.28. The van der Waals surface area contributed by atoms with Crippen molar-refractivity contribution < 1.29 is 9.53 Å². The zero-order chi connectivity index (χ0) is 14.6. The number of benzene rings is 1. The summed E-state index contributed by atoms with van der Waals surface area (Å²) in [5.41, 5.74) is 11.3. The number of nitrogens with two attached hydrogens (primary N) is 2. The monoisotopic (exact) mass is 264 g/mol. The number of carbonyl (C=O) groups excluding carboxylic acids is 1. The van der Waals surface area contributed by atoms with Crippen LogP contribution in [-0.2, 0) is 4.79 Å². The first-order valence-corrected chi connectivity index (χ1v) is 6.58. The molecule has 1 aromatic rings. The lowest BCUT2D eigenvalue weighted by Crippen LogP contribution is -2.51. The van der Waals surface area contributed by atoms with E-state index in [1.54, 1.807) is 6.92 Å². The minimum Gasteiger partial charge on any atom is -0.491 e. The molecule has 106 valence electrons. The van der Waals surface area contributed by atoms with Crippen LogP contribution in [0.2, 0.25) is 0 Å². The number of ether oxygens (including phenoxy) is 1. The van der Waals surface area contributed by atoms with E-state index in [1.165, 1.54) is 5.56 Å². The number of hydrogen-bond donors (Lipinski definition) is 2. The second kappa shape index (κ2) is 6.06. The summed E-state index contributed by atoms with van der Waals surface area (Å²) in [7, 11) is 0. The van der Waals surface area contributed by atoms with Crippen molar-refractivity contribution in [3.8, 4) is 5.75 Å². The van der Waals surface area contributed by atoms with Crippen molar-refractivity contribution in [3.63, 3.8) is 0 Å². The summed E-state index contributed by atoms with van der Waals surface area (Å²) in [6.07, 6.45) is 0.207. The van der Waals surface area contributed by atoms with Crippen molar-refractivity contribution in [2.24, 2.45) is 11.5 Å². The molecular weight excluding hydrogens is 240 g/mol. The summed E-state index contributed by atoms with van der Waals surface area (Å²) in [6, 6.07) is 7.95. The topological polar surface area (TPSA) is 78.3 Å². The van der Waals surface area contributed by atoms with Crippen LogP contribution in [-0.4, -0.2) is 17.6 Å². The number of hydrogen-bond acceptors (Lipinski definition) is 3. The van der Waals surface area contributed by atoms with Gasteiger partial charge in [0, 0.05) is 6.42 Å². The predicted molar refractivity (Wildman–Crippen MR) is 77.0 cm³/mol. The third-order valence-corrected chi connectivity index (χ3v) is 3.14. The average Bonchev–Trinajstić information content (AvgIpc) is 2.28. The van der Waals surface area contributed by atoms with Crippen molar-refractivity contribution in [3.05, 3.63) is 29.8 Å². The van der Waals surface area contributed by atoms with Crippen LogP contribution < -0.4 is 16.2 Å². The van der Waals surface area contributed by atoms with E-state index in [-0.39, 0.29) is 6.10 Å². The molecule has 2 atom stereocenters. The van der Waals surface area contributed by atoms with Gasteiger partial charge in [0.1, 0.15) is 5.75 Å². The molecule has 0 aromatic heterocycles. The SMILES string of the molecule is CC(CC(C)(N)C(N)=O)Oc1cccc(C(C)C)c1. The van der Waals surface area contributed by atoms with Gasteiger partial charge < -0.3 is 16.2 Å². The maximum absolute atomic E-state index is 11.2. The van der Waals surface area contributed by atoms with Crippen LogP contribution in [0.5, 0.6) is 5.75 Å². The van der Waals surface area contributed by atoms with Gasteiger partial charge in [0.15, 0.2) is 0 Å². The lowest BCUT2D eigenvalue weighted by molar-refractivity contribution is -0.123. The molecule has 0 heterocycles. The maximum atomic E-state index is 11.2. The van der Waals surface area contributed by atoms with Crippen molar-refractivity contribution in [2.75, 3.05) is 0 Å². The zero-order valence-corrected chi connectivity index (χ0v) is 12.1. The molecule has 0 aliphatic carbocycles. The van der Waals surface area contributed by atoms with Gasteiger partial charge in [-0.25, -0.2) is 0 Å². The number of rotatable bonds is 6. The molecular formula is C15H24N2O2. The van der Waals surface area contributed by atoms with Gasteiger partial charge in [0.2, 0.25) is 5.91 Å². The quantitative estimate of drug-likeness (QED) is 0.826. The van der Waals surface area contributed by atoms with Crippen LogP contribution in [0.25, 0.3) is 0 Å². The van der Waals surface area contributed by atoms with Gasteiger partial charge in [-0.15, -0.1) is 0 Å². The lowest BCUT2D eigenvalue weighted by atomic mass is 9.95. The highest BCUT2D eigenvalue weighted by atomic mass is 16.5. The molecule has 1 aromatic carbocycles. The molecule has 4 heteroatoms. The van der Waals surface area contributed by atoms with Gasteiger partial charge in [0.05, 0.1) is 11.6 Å². The minimum absolute atomic E-state index is 0.176. The second-order valence-electron chi connectivity index (χ2n) is 5.64. The Balaban J connectivity index is 2.69. The average molecular weight is 264 g/mol. The van der Waals surface area contributed by atoms with Crippen LogP contribution in [0.4, 0.5) is 0 Å². The van der Waals surface area contributed by atoms with E-state index in [0.717, 1.165) is 5.75 Å². The Bertz CT molecular complexity index is 442. The van der Waals surface area contributed by atoms with Gasteiger partial charge >= 0.3 is 0 Å². The van der Waals surface area contributed by atoms with Crippen molar-refractivity contribution in [1.82, 2.24) is 0 Å². The van der Waals surface area contributed by atoms with Gasteiger partial charge in [-0.3, -0.25) is 4.79 Å². The smallest absolute Gasteiger partial charge is 0.237 e. The molecule has 0 bridgehead atoms. The highest BCUT2D eigenvalue weighted by molar-refractivity contribution is 5.83. The minimum atomic E-state index is -1.05. The maximum Gasteiger partial charge on any atom is 0.237 e. The molecule has 1 amide bonds. The zero-order valence-electron chi connectivity index (χ0n) is 12.1. The summed E-state index contributed by atoms with van der Waals surface area (Å²) in [5, 5.41) is 0. The fourth-order valence-corrected chi connectivity index (χ4v) is 1.92. The van der Waals surface area contributed by atoms with E-state index in [9.17, 15) is 4.79 Å². The molecule has 1 rings (SSSR count). The first-order chi connectivity index (χ1) is 8.72. The molecule has 4 nitrogen and oxygen atoms in total. The summed E-state index contributed by atoms with van der Waals surface area (Å²) >= 11 is 0.